The summed E-state index contributed by atoms with van der Waals surface area (Å²) in [6, 6.07) is 8.39. The van der Waals surface area contributed by atoms with Crippen molar-refractivity contribution in [3.05, 3.63) is 57.2 Å². The number of hydrogen-bond donors (Lipinski definition) is 2. The van der Waals surface area contributed by atoms with E-state index in [0.29, 0.717) is 0 Å². The van der Waals surface area contributed by atoms with Gasteiger partial charge in [-0.15, -0.1) is 22.7 Å². The predicted octanol–water partition coefficient (Wildman–Crippen LogP) is 2.69. The Morgan fingerprint density at radius 3 is 2.48 bits per heavy atom. The van der Waals surface area contributed by atoms with Crippen LogP contribution in [0.15, 0.2) is 47.4 Å². The minimum atomic E-state index is -0.405. The molecule has 0 unspecified atom stereocenters. The minimum absolute atomic E-state index is 0.0876. The third kappa shape index (κ3) is 3.32. The summed E-state index contributed by atoms with van der Waals surface area (Å²) in [6.45, 7) is 0.0876. The molecule has 0 aromatic carbocycles. The Labute approximate surface area is 130 Å². The van der Waals surface area contributed by atoms with Crippen LogP contribution in [0.2, 0.25) is 0 Å². The zero-order valence-corrected chi connectivity index (χ0v) is 12.7. The van der Waals surface area contributed by atoms with Crippen molar-refractivity contribution >= 4 is 34.3 Å². The maximum absolute atomic E-state index is 10.9. The lowest BCUT2D eigenvalue weighted by Gasteiger charge is -2.15. The molecule has 0 saturated carbocycles. The van der Waals surface area contributed by atoms with E-state index in [0.717, 1.165) is 5.69 Å². The molecule has 1 amide bonds. The van der Waals surface area contributed by atoms with Crippen molar-refractivity contribution in [2.45, 2.75) is 12.6 Å². The number of anilines is 1. The van der Waals surface area contributed by atoms with Crippen LogP contribution >= 0.6 is 22.7 Å². The molecule has 3 aromatic heterocycles. The Morgan fingerprint density at radius 2 is 1.95 bits per heavy atom. The highest BCUT2D eigenvalue weighted by Gasteiger charge is 2.17. The maximum atomic E-state index is 10.9. The van der Waals surface area contributed by atoms with E-state index in [9.17, 15) is 4.79 Å². The number of carbonyl (C=O) groups is 1. The van der Waals surface area contributed by atoms with Crippen LogP contribution in [0.1, 0.15) is 15.8 Å². The molecule has 0 atom stereocenters. The summed E-state index contributed by atoms with van der Waals surface area (Å²) < 4.78 is 1.53. The predicted molar refractivity (Wildman–Crippen MR) is 85.5 cm³/mol. The first kappa shape index (κ1) is 13.8. The molecule has 0 aliphatic carbocycles. The number of amides is 1. The average molecular weight is 318 g/mol. The molecule has 3 aromatic rings. The second-order valence-corrected chi connectivity index (χ2v) is 6.46. The van der Waals surface area contributed by atoms with E-state index in [1.54, 1.807) is 35.1 Å². The topological polar surface area (TPSA) is 72.9 Å². The van der Waals surface area contributed by atoms with Crippen LogP contribution in [-0.4, -0.2) is 15.7 Å². The lowest BCUT2D eigenvalue weighted by Crippen LogP contribution is -2.18. The van der Waals surface area contributed by atoms with Crippen LogP contribution in [0.25, 0.3) is 0 Å². The highest BCUT2D eigenvalue weighted by molar-refractivity contribution is 7.11. The van der Waals surface area contributed by atoms with E-state index >= 15 is 0 Å². The van der Waals surface area contributed by atoms with Crippen LogP contribution in [-0.2, 0) is 11.3 Å². The zero-order valence-electron chi connectivity index (χ0n) is 11.1. The van der Waals surface area contributed by atoms with Crippen molar-refractivity contribution in [3.8, 4) is 0 Å². The fourth-order valence-corrected chi connectivity index (χ4v) is 3.71. The number of nitrogens with zero attached hydrogens (tertiary/aromatic N) is 2. The number of aromatic nitrogens is 2. The second-order valence-electron chi connectivity index (χ2n) is 4.50. The molecule has 0 spiro atoms. The van der Waals surface area contributed by atoms with Gasteiger partial charge in [-0.3, -0.25) is 9.48 Å². The lowest BCUT2D eigenvalue weighted by atomic mass is 10.2. The molecular weight excluding hydrogens is 304 g/mol. The highest BCUT2D eigenvalue weighted by atomic mass is 32.1. The van der Waals surface area contributed by atoms with Crippen molar-refractivity contribution in [3.63, 3.8) is 0 Å². The Bertz CT molecular complexity index is 669. The number of rotatable bonds is 6. The zero-order chi connectivity index (χ0) is 14.7. The number of thiophene rings is 2. The number of nitrogens with one attached hydrogen (secondary N) is 1. The third-order valence-corrected chi connectivity index (χ3v) is 4.79. The first-order chi connectivity index (χ1) is 10.2. The van der Waals surface area contributed by atoms with Gasteiger partial charge in [0.2, 0.25) is 5.91 Å². The van der Waals surface area contributed by atoms with Gasteiger partial charge in [0.25, 0.3) is 0 Å². The molecular formula is C14H14N4OS2. The highest BCUT2D eigenvalue weighted by Crippen LogP contribution is 2.32. The molecule has 3 heterocycles. The Kier molecular flexibility index (Phi) is 4.03. The van der Waals surface area contributed by atoms with Crippen LogP contribution in [0, 0.1) is 0 Å². The van der Waals surface area contributed by atoms with Crippen molar-refractivity contribution in [1.82, 2.24) is 9.78 Å². The lowest BCUT2D eigenvalue weighted by molar-refractivity contribution is -0.118. The monoisotopic (exact) mass is 318 g/mol. The SMILES string of the molecule is NC(=O)Cn1cc(NC(c2cccs2)c2cccs2)cn1. The van der Waals surface area contributed by atoms with Gasteiger partial charge in [-0.2, -0.15) is 5.10 Å². The molecule has 108 valence electrons. The fourth-order valence-electron chi connectivity index (χ4n) is 2.04. The molecule has 3 N–H and O–H groups in total. The molecule has 7 heteroatoms. The summed E-state index contributed by atoms with van der Waals surface area (Å²) in [7, 11) is 0. The Morgan fingerprint density at radius 1 is 1.29 bits per heavy atom. The van der Waals surface area contributed by atoms with E-state index in [-0.39, 0.29) is 12.6 Å². The quantitative estimate of drug-likeness (QED) is 0.734. The largest absolute Gasteiger partial charge is 0.370 e. The number of carbonyl (C=O) groups excluding carboxylic acids is 1. The maximum Gasteiger partial charge on any atom is 0.239 e. The molecule has 5 nitrogen and oxygen atoms in total. The van der Waals surface area contributed by atoms with Crippen LogP contribution in [0.3, 0.4) is 0 Å². The van der Waals surface area contributed by atoms with Crippen LogP contribution < -0.4 is 11.1 Å². The van der Waals surface area contributed by atoms with Crippen LogP contribution in [0.5, 0.6) is 0 Å². The summed E-state index contributed by atoms with van der Waals surface area (Å²) >= 11 is 3.42. The molecule has 0 saturated heterocycles. The van der Waals surface area contributed by atoms with Gasteiger partial charge in [0.1, 0.15) is 6.54 Å². The minimum Gasteiger partial charge on any atom is -0.370 e. The summed E-state index contributed by atoms with van der Waals surface area (Å²) in [5.41, 5.74) is 6.04. The van der Waals surface area contributed by atoms with Gasteiger partial charge in [-0.05, 0) is 22.9 Å². The van der Waals surface area contributed by atoms with E-state index in [2.05, 4.69) is 33.3 Å². The summed E-state index contributed by atoms with van der Waals surface area (Å²) in [5, 5.41) is 11.7. The molecule has 0 radical (unpaired) electrons. The van der Waals surface area contributed by atoms with E-state index in [1.165, 1.54) is 14.4 Å². The van der Waals surface area contributed by atoms with Crippen molar-refractivity contribution in [2.24, 2.45) is 5.73 Å². The molecule has 0 bridgehead atoms. The number of primary amides is 1. The number of hydrogen-bond acceptors (Lipinski definition) is 5. The average Bonchev–Trinajstić information content (AvgIpc) is 3.19. The van der Waals surface area contributed by atoms with Crippen molar-refractivity contribution < 1.29 is 4.79 Å². The standard InChI is InChI=1S/C14H14N4OS2/c15-13(19)9-18-8-10(7-16-18)17-14(11-3-1-5-20-11)12-4-2-6-21-12/h1-8,14,17H,9H2,(H2,15,19). The molecule has 0 fully saturated rings. The van der Waals surface area contributed by atoms with E-state index in [1.807, 2.05) is 12.1 Å². The Hall–Kier alpha value is -2.12. The summed E-state index contributed by atoms with van der Waals surface area (Å²) in [5.74, 6) is -0.405. The van der Waals surface area contributed by atoms with E-state index in [4.69, 9.17) is 5.73 Å². The normalized spacial score (nSPS) is 10.9. The third-order valence-electron chi connectivity index (χ3n) is 2.92. The molecule has 3 rings (SSSR count). The van der Waals surface area contributed by atoms with Gasteiger partial charge in [0.05, 0.1) is 17.9 Å². The first-order valence-electron chi connectivity index (χ1n) is 6.36. The van der Waals surface area contributed by atoms with Gasteiger partial charge in [-0.1, -0.05) is 12.1 Å². The van der Waals surface area contributed by atoms with Gasteiger partial charge in [0.15, 0.2) is 0 Å². The summed E-state index contributed by atoms with van der Waals surface area (Å²) in [6.07, 6.45) is 3.50. The first-order valence-corrected chi connectivity index (χ1v) is 8.12. The molecule has 21 heavy (non-hydrogen) atoms. The summed E-state index contributed by atoms with van der Waals surface area (Å²) in [4.78, 5) is 13.4. The Balaban J connectivity index is 1.82. The van der Waals surface area contributed by atoms with Crippen LogP contribution in [0.4, 0.5) is 5.69 Å². The van der Waals surface area contributed by atoms with Crippen molar-refractivity contribution in [1.29, 1.82) is 0 Å². The van der Waals surface area contributed by atoms with Gasteiger partial charge in [-0.25, -0.2) is 0 Å². The van der Waals surface area contributed by atoms with Crippen molar-refractivity contribution in [2.75, 3.05) is 5.32 Å². The van der Waals surface area contributed by atoms with Gasteiger partial charge >= 0.3 is 0 Å². The fraction of sp³-hybridized carbons (Fsp3) is 0.143. The second kappa shape index (κ2) is 6.11. The van der Waals surface area contributed by atoms with E-state index < -0.39 is 5.91 Å². The van der Waals surface area contributed by atoms with Gasteiger partial charge in [0, 0.05) is 16.0 Å². The molecule has 0 aliphatic rings. The smallest absolute Gasteiger partial charge is 0.239 e. The molecule has 0 aliphatic heterocycles. The number of nitrogens with two attached hydrogens (primary N) is 1. The van der Waals surface area contributed by atoms with Gasteiger partial charge < -0.3 is 11.1 Å².